The first kappa shape index (κ1) is 15.7. The highest BCUT2D eigenvalue weighted by Gasteiger charge is 2.19. The van der Waals surface area contributed by atoms with Gasteiger partial charge in [0.05, 0.1) is 10.0 Å². The SMILES string of the molecule is Cn1ccc(-c2nnc(NC3CCCC3)c3cc(Cl)c(Cl)cc23)n1. The van der Waals surface area contributed by atoms with Crippen molar-refractivity contribution in [1.82, 2.24) is 20.0 Å². The van der Waals surface area contributed by atoms with Gasteiger partial charge in [-0.25, -0.2) is 0 Å². The Morgan fingerprint density at radius 1 is 1.08 bits per heavy atom. The molecule has 0 atom stereocenters. The molecule has 0 unspecified atom stereocenters. The van der Waals surface area contributed by atoms with Gasteiger partial charge in [0, 0.05) is 30.1 Å². The topological polar surface area (TPSA) is 55.6 Å². The molecule has 0 spiro atoms. The maximum atomic E-state index is 6.25. The van der Waals surface area contributed by atoms with Crippen molar-refractivity contribution in [3.63, 3.8) is 0 Å². The summed E-state index contributed by atoms with van der Waals surface area (Å²) in [4.78, 5) is 0. The number of fused-ring (bicyclic) bond motifs is 1. The minimum Gasteiger partial charge on any atom is -0.365 e. The van der Waals surface area contributed by atoms with Gasteiger partial charge in [-0.2, -0.15) is 5.10 Å². The first-order valence-corrected chi connectivity index (χ1v) is 8.79. The van der Waals surface area contributed by atoms with E-state index in [9.17, 15) is 0 Å². The first-order chi connectivity index (χ1) is 11.6. The second-order valence-corrected chi connectivity index (χ2v) is 7.02. The van der Waals surface area contributed by atoms with Crippen molar-refractivity contribution < 1.29 is 0 Å². The van der Waals surface area contributed by atoms with E-state index in [4.69, 9.17) is 23.2 Å². The van der Waals surface area contributed by atoms with Crippen LogP contribution in [0.15, 0.2) is 24.4 Å². The van der Waals surface area contributed by atoms with E-state index in [0.29, 0.717) is 21.8 Å². The van der Waals surface area contributed by atoms with Crippen LogP contribution in [-0.4, -0.2) is 26.0 Å². The predicted molar refractivity (Wildman–Crippen MR) is 97.6 cm³/mol. The Bertz CT molecular complexity index is 899. The molecule has 0 radical (unpaired) electrons. The summed E-state index contributed by atoms with van der Waals surface area (Å²) in [6.45, 7) is 0. The van der Waals surface area contributed by atoms with Gasteiger partial charge in [-0.15, -0.1) is 10.2 Å². The molecule has 0 aliphatic heterocycles. The van der Waals surface area contributed by atoms with Crippen molar-refractivity contribution in [3.8, 4) is 11.4 Å². The van der Waals surface area contributed by atoms with Gasteiger partial charge in [-0.1, -0.05) is 36.0 Å². The predicted octanol–water partition coefficient (Wildman–Crippen LogP) is 4.69. The minimum atomic E-state index is 0.442. The molecule has 1 fully saturated rings. The number of hydrogen-bond donors (Lipinski definition) is 1. The van der Waals surface area contributed by atoms with Gasteiger partial charge in [0.2, 0.25) is 0 Å². The number of halogens is 2. The van der Waals surface area contributed by atoms with Crippen molar-refractivity contribution in [2.45, 2.75) is 31.7 Å². The summed E-state index contributed by atoms with van der Waals surface area (Å²) in [5.74, 6) is 0.759. The second-order valence-electron chi connectivity index (χ2n) is 6.21. The highest BCUT2D eigenvalue weighted by Crippen LogP contribution is 2.36. The Morgan fingerprint density at radius 3 is 2.46 bits per heavy atom. The fourth-order valence-electron chi connectivity index (χ4n) is 3.25. The van der Waals surface area contributed by atoms with Gasteiger partial charge in [-0.3, -0.25) is 4.68 Å². The number of nitrogens with one attached hydrogen (secondary N) is 1. The van der Waals surface area contributed by atoms with Gasteiger partial charge in [0.1, 0.15) is 11.4 Å². The van der Waals surface area contributed by atoms with E-state index in [0.717, 1.165) is 35.1 Å². The zero-order chi connectivity index (χ0) is 16.7. The fraction of sp³-hybridized carbons (Fsp3) is 0.353. The molecule has 1 saturated carbocycles. The lowest BCUT2D eigenvalue weighted by molar-refractivity contribution is 0.748. The Balaban J connectivity index is 1.88. The Hall–Kier alpha value is -1.85. The average Bonchev–Trinajstić information content (AvgIpc) is 3.21. The Kier molecular flexibility index (Phi) is 4.06. The lowest BCUT2D eigenvalue weighted by Gasteiger charge is -2.15. The van der Waals surface area contributed by atoms with Crippen LogP contribution in [0.25, 0.3) is 22.2 Å². The van der Waals surface area contributed by atoms with Crippen LogP contribution in [0, 0.1) is 0 Å². The summed E-state index contributed by atoms with van der Waals surface area (Å²) in [6, 6.07) is 6.06. The van der Waals surface area contributed by atoms with Gasteiger partial charge < -0.3 is 5.32 Å². The van der Waals surface area contributed by atoms with Crippen LogP contribution in [0.2, 0.25) is 10.0 Å². The highest BCUT2D eigenvalue weighted by atomic mass is 35.5. The van der Waals surface area contributed by atoms with E-state index in [-0.39, 0.29) is 0 Å². The second kappa shape index (κ2) is 6.22. The molecule has 1 aliphatic rings. The molecule has 1 N–H and O–H groups in total. The largest absolute Gasteiger partial charge is 0.365 e. The van der Waals surface area contributed by atoms with Crippen LogP contribution in [-0.2, 0) is 7.05 Å². The first-order valence-electron chi connectivity index (χ1n) is 8.04. The van der Waals surface area contributed by atoms with Crippen LogP contribution >= 0.6 is 23.2 Å². The van der Waals surface area contributed by atoms with Gasteiger partial charge in [0.15, 0.2) is 5.82 Å². The standard InChI is InChI=1S/C17H17Cl2N5/c1-24-7-6-15(23-24)16-11-8-13(18)14(19)9-12(11)17(22-21-16)20-10-4-2-3-5-10/h6-10H,2-5H2,1H3,(H,20,22). The van der Waals surface area contributed by atoms with Crippen LogP contribution in [0.1, 0.15) is 25.7 Å². The van der Waals surface area contributed by atoms with Crippen molar-refractivity contribution >= 4 is 39.8 Å². The van der Waals surface area contributed by atoms with Crippen molar-refractivity contribution in [2.24, 2.45) is 7.05 Å². The van der Waals surface area contributed by atoms with Crippen molar-refractivity contribution in [3.05, 3.63) is 34.4 Å². The number of nitrogens with zero attached hydrogens (tertiary/aromatic N) is 4. The van der Waals surface area contributed by atoms with Crippen molar-refractivity contribution in [1.29, 1.82) is 0 Å². The molecule has 1 aliphatic carbocycles. The Morgan fingerprint density at radius 2 is 1.79 bits per heavy atom. The molecule has 7 heteroatoms. The summed E-state index contributed by atoms with van der Waals surface area (Å²) in [6.07, 6.45) is 6.70. The molecule has 1 aromatic carbocycles. The summed E-state index contributed by atoms with van der Waals surface area (Å²) < 4.78 is 1.74. The summed E-state index contributed by atoms with van der Waals surface area (Å²) >= 11 is 12.5. The van der Waals surface area contributed by atoms with Gasteiger partial charge in [-0.05, 0) is 31.0 Å². The molecule has 0 saturated heterocycles. The molecule has 2 heterocycles. The molecule has 124 valence electrons. The smallest absolute Gasteiger partial charge is 0.156 e. The zero-order valence-corrected chi connectivity index (χ0v) is 14.8. The number of anilines is 1. The lowest BCUT2D eigenvalue weighted by Crippen LogP contribution is -2.16. The minimum absolute atomic E-state index is 0.442. The maximum Gasteiger partial charge on any atom is 0.156 e. The number of hydrogen-bond acceptors (Lipinski definition) is 4. The van der Waals surface area contributed by atoms with E-state index in [1.807, 2.05) is 31.4 Å². The number of rotatable bonds is 3. The van der Waals surface area contributed by atoms with E-state index in [1.54, 1.807) is 4.68 Å². The van der Waals surface area contributed by atoms with Gasteiger partial charge in [0.25, 0.3) is 0 Å². The third kappa shape index (κ3) is 2.82. The monoisotopic (exact) mass is 361 g/mol. The van der Waals surface area contributed by atoms with Crippen LogP contribution < -0.4 is 5.32 Å². The van der Waals surface area contributed by atoms with E-state index >= 15 is 0 Å². The summed E-state index contributed by atoms with van der Waals surface area (Å²) in [5.41, 5.74) is 1.47. The lowest BCUT2D eigenvalue weighted by atomic mass is 10.1. The number of aryl methyl sites for hydroxylation is 1. The molecule has 2 aromatic heterocycles. The maximum absolute atomic E-state index is 6.25. The third-order valence-electron chi connectivity index (χ3n) is 4.47. The molecule has 5 nitrogen and oxygen atoms in total. The molecule has 4 rings (SSSR count). The molecule has 0 amide bonds. The molecular formula is C17H17Cl2N5. The molecular weight excluding hydrogens is 345 g/mol. The zero-order valence-electron chi connectivity index (χ0n) is 13.3. The number of benzene rings is 1. The summed E-state index contributed by atoms with van der Waals surface area (Å²) in [7, 11) is 1.87. The highest BCUT2D eigenvalue weighted by molar-refractivity contribution is 6.43. The summed E-state index contributed by atoms with van der Waals surface area (Å²) in [5, 5.41) is 19.6. The van der Waals surface area contributed by atoms with Crippen LogP contribution in [0.5, 0.6) is 0 Å². The molecule has 24 heavy (non-hydrogen) atoms. The number of aromatic nitrogens is 4. The normalized spacial score (nSPS) is 15.3. The fourth-order valence-corrected chi connectivity index (χ4v) is 3.57. The average molecular weight is 362 g/mol. The molecule has 0 bridgehead atoms. The quantitative estimate of drug-likeness (QED) is 0.734. The molecule has 3 aromatic rings. The van der Waals surface area contributed by atoms with Crippen LogP contribution in [0.4, 0.5) is 5.82 Å². The third-order valence-corrected chi connectivity index (χ3v) is 5.20. The van der Waals surface area contributed by atoms with Gasteiger partial charge >= 0.3 is 0 Å². The van der Waals surface area contributed by atoms with E-state index in [2.05, 4.69) is 20.6 Å². The van der Waals surface area contributed by atoms with Crippen LogP contribution in [0.3, 0.4) is 0 Å². The van der Waals surface area contributed by atoms with E-state index < -0.39 is 0 Å². The Labute approximate surface area is 150 Å². The van der Waals surface area contributed by atoms with Crippen molar-refractivity contribution in [2.75, 3.05) is 5.32 Å². The van der Waals surface area contributed by atoms with E-state index in [1.165, 1.54) is 12.8 Å².